The first-order valence-corrected chi connectivity index (χ1v) is 7.33. The Labute approximate surface area is 138 Å². The summed E-state index contributed by atoms with van der Waals surface area (Å²) in [6, 6.07) is 7.30. The Morgan fingerprint density at radius 1 is 1.23 bits per heavy atom. The van der Waals surface area contributed by atoms with Gasteiger partial charge in [-0.05, 0) is 32.0 Å². The Morgan fingerprint density at radius 3 is 2.45 bits per heavy atom. The van der Waals surface area contributed by atoms with E-state index in [1.165, 1.54) is 0 Å². The number of carbonyl (C=O) groups is 2. The van der Waals surface area contributed by atoms with Crippen molar-refractivity contribution in [3.63, 3.8) is 0 Å². The van der Waals surface area contributed by atoms with Crippen molar-refractivity contribution in [2.24, 2.45) is 5.92 Å². The Hall–Kier alpha value is -1.59. The summed E-state index contributed by atoms with van der Waals surface area (Å²) >= 11 is 0. The molecule has 122 valence electrons. The number of benzene rings is 1. The number of carbonyl (C=O) groups excluding carboxylic acids is 2. The van der Waals surface area contributed by atoms with Crippen LogP contribution in [0.25, 0.3) is 0 Å². The minimum absolute atomic E-state index is 0. The summed E-state index contributed by atoms with van der Waals surface area (Å²) in [5, 5.41) is 3.03. The van der Waals surface area contributed by atoms with Crippen molar-refractivity contribution in [2.75, 3.05) is 39.1 Å². The number of nitrogens with one attached hydrogen (secondary N) is 1. The maximum Gasteiger partial charge on any atom is 0.255 e. The van der Waals surface area contributed by atoms with E-state index in [4.69, 9.17) is 0 Å². The van der Waals surface area contributed by atoms with Crippen LogP contribution < -0.4 is 10.2 Å². The highest BCUT2D eigenvalue weighted by Crippen LogP contribution is 2.33. The minimum Gasteiger partial charge on any atom is -0.340 e. The van der Waals surface area contributed by atoms with Crippen LogP contribution in [-0.4, -0.2) is 50.9 Å². The van der Waals surface area contributed by atoms with Gasteiger partial charge in [0.2, 0.25) is 5.91 Å². The van der Waals surface area contributed by atoms with Crippen molar-refractivity contribution in [3.05, 3.63) is 29.8 Å². The molecule has 0 bridgehead atoms. The van der Waals surface area contributed by atoms with Gasteiger partial charge in [-0.15, -0.1) is 12.4 Å². The summed E-state index contributed by atoms with van der Waals surface area (Å²) in [5.74, 6) is 0.185. The minimum atomic E-state index is -0.0590. The van der Waals surface area contributed by atoms with Gasteiger partial charge in [0.25, 0.3) is 5.91 Å². The van der Waals surface area contributed by atoms with E-state index in [2.05, 4.69) is 5.32 Å². The molecule has 1 fully saturated rings. The third-order valence-corrected chi connectivity index (χ3v) is 3.80. The molecule has 0 heterocycles. The Morgan fingerprint density at radius 2 is 1.86 bits per heavy atom. The maximum absolute atomic E-state index is 12.5. The lowest BCUT2D eigenvalue weighted by atomic mass is 10.1. The van der Waals surface area contributed by atoms with E-state index >= 15 is 0 Å². The van der Waals surface area contributed by atoms with Gasteiger partial charge >= 0.3 is 0 Å². The van der Waals surface area contributed by atoms with Crippen LogP contribution in [0.1, 0.15) is 23.2 Å². The summed E-state index contributed by atoms with van der Waals surface area (Å²) in [4.78, 5) is 28.1. The van der Waals surface area contributed by atoms with Gasteiger partial charge in [0.05, 0.1) is 11.3 Å². The van der Waals surface area contributed by atoms with Crippen LogP contribution in [-0.2, 0) is 4.79 Å². The zero-order valence-corrected chi connectivity index (χ0v) is 14.2. The van der Waals surface area contributed by atoms with Gasteiger partial charge in [-0.3, -0.25) is 9.59 Å². The molecule has 2 rings (SSSR count). The van der Waals surface area contributed by atoms with E-state index in [9.17, 15) is 9.59 Å². The first-order chi connectivity index (χ1) is 10.1. The molecule has 2 amide bonds. The van der Waals surface area contributed by atoms with Crippen LogP contribution in [0.5, 0.6) is 0 Å². The van der Waals surface area contributed by atoms with E-state index in [0.717, 1.165) is 19.4 Å². The molecule has 22 heavy (non-hydrogen) atoms. The van der Waals surface area contributed by atoms with Gasteiger partial charge in [-0.25, -0.2) is 0 Å². The predicted molar refractivity (Wildman–Crippen MR) is 90.7 cm³/mol. The molecular formula is C16H24ClN3O2. The number of rotatable bonds is 6. The third kappa shape index (κ3) is 4.21. The molecule has 0 saturated heterocycles. The highest BCUT2D eigenvalue weighted by molar-refractivity contribution is 6.05. The number of hydrogen-bond donors (Lipinski definition) is 1. The Kier molecular flexibility index (Phi) is 6.84. The van der Waals surface area contributed by atoms with Crippen molar-refractivity contribution >= 4 is 29.9 Å². The fourth-order valence-corrected chi connectivity index (χ4v) is 2.26. The van der Waals surface area contributed by atoms with Crippen molar-refractivity contribution in [1.82, 2.24) is 10.2 Å². The molecule has 0 atom stereocenters. The van der Waals surface area contributed by atoms with Crippen LogP contribution in [0.3, 0.4) is 0 Å². The van der Waals surface area contributed by atoms with Crippen LogP contribution in [0.2, 0.25) is 0 Å². The first kappa shape index (κ1) is 18.5. The number of hydrogen-bond acceptors (Lipinski definition) is 3. The highest BCUT2D eigenvalue weighted by Gasteiger charge is 2.33. The second-order valence-corrected chi connectivity index (χ2v) is 5.52. The standard InChI is InChI=1S/C16H23N3O2.ClH/c1-17-10-11-18(2)16(21)13-6-4-5-7-14(13)19(3)15(20)12-8-9-12;/h4-7,12,17H,8-11H2,1-3H3;1H. The van der Waals surface area contributed by atoms with E-state index in [1.807, 2.05) is 25.2 Å². The summed E-state index contributed by atoms with van der Waals surface area (Å²) in [6.07, 6.45) is 1.92. The quantitative estimate of drug-likeness (QED) is 0.867. The molecule has 1 saturated carbocycles. The summed E-state index contributed by atoms with van der Waals surface area (Å²) in [7, 11) is 5.38. The zero-order chi connectivity index (χ0) is 15.4. The normalized spacial score (nSPS) is 13.2. The van der Waals surface area contributed by atoms with E-state index in [1.54, 1.807) is 30.0 Å². The summed E-state index contributed by atoms with van der Waals surface area (Å²) in [6.45, 7) is 1.37. The Bertz CT molecular complexity index is 532. The fourth-order valence-electron chi connectivity index (χ4n) is 2.26. The summed E-state index contributed by atoms with van der Waals surface area (Å²) in [5.41, 5.74) is 1.27. The molecule has 0 unspecified atom stereocenters. The number of amides is 2. The van der Waals surface area contributed by atoms with Crippen LogP contribution in [0.15, 0.2) is 24.3 Å². The van der Waals surface area contributed by atoms with Gasteiger partial charge in [0, 0.05) is 33.1 Å². The number of nitrogens with zero attached hydrogens (tertiary/aromatic N) is 2. The zero-order valence-electron chi connectivity index (χ0n) is 13.3. The van der Waals surface area contributed by atoms with Crippen molar-refractivity contribution in [1.29, 1.82) is 0 Å². The smallest absolute Gasteiger partial charge is 0.255 e. The lowest BCUT2D eigenvalue weighted by Crippen LogP contribution is -2.35. The molecule has 0 aromatic heterocycles. The maximum atomic E-state index is 12.5. The lowest BCUT2D eigenvalue weighted by molar-refractivity contribution is -0.119. The molecule has 0 aliphatic heterocycles. The summed E-state index contributed by atoms with van der Waals surface area (Å²) < 4.78 is 0. The monoisotopic (exact) mass is 325 g/mol. The largest absolute Gasteiger partial charge is 0.340 e. The topological polar surface area (TPSA) is 52.7 Å². The van der Waals surface area contributed by atoms with Crippen molar-refractivity contribution in [2.45, 2.75) is 12.8 Å². The number of likely N-dealkylation sites (N-methyl/N-ethyl adjacent to an activating group) is 2. The van der Waals surface area contributed by atoms with Crippen LogP contribution >= 0.6 is 12.4 Å². The SMILES string of the molecule is CNCCN(C)C(=O)c1ccccc1N(C)C(=O)C1CC1.Cl. The molecular weight excluding hydrogens is 302 g/mol. The van der Waals surface area contributed by atoms with Crippen LogP contribution in [0.4, 0.5) is 5.69 Å². The van der Waals surface area contributed by atoms with E-state index in [0.29, 0.717) is 17.8 Å². The number of anilines is 1. The first-order valence-electron chi connectivity index (χ1n) is 7.33. The molecule has 1 aliphatic carbocycles. The van der Waals surface area contributed by atoms with Gasteiger partial charge in [-0.1, -0.05) is 12.1 Å². The average molecular weight is 326 g/mol. The second kappa shape index (κ2) is 8.15. The van der Waals surface area contributed by atoms with E-state index in [-0.39, 0.29) is 30.1 Å². The molecule has 1 N–H and O–H groups in total. The van der Waals surface area contributed by atoms with Gasteiger partial charge in [0.15, 0.2) is 0 Å². The predicted octanol–water partition coefficient (Wildman–Crippen LogP) is 1.77. The average Bonchev–Trinajstić information content (AvgIpc) is 3.35. The van der Waals surface area contributed by atoms with E-state index < -0.39 is 0 Å². The Balaban J connectivity index is 0.00000242. The van der Waals surface area contributed by atoms with Crippen LogP contribution in [0, 0.1) is 5.92 Å². The third-order valence-electron chi connectivity index (χ3n) is 3.80. The number of halogens is 1. The van der Waals surface area contributed by atoms with Crippen molar-refractivity contribution in [3.8, 4) is 0 Å². The number of para-hydroxylation sites is 1. The molecule has 0 radical (unpaired) electrons. The molecule has 1 aromatic rings. The van der Waals surface area contributed by atoms with Gasteiger partial charge in [-0.2, -0.15) is 0 Å². The molecule has 1 aliphatic rings. The lowest BCUT2D eigenvalue weighted by Gasteiger charge is -2.23. The molecule has 0 spiro atoms. The van der Waals surface area contributed by atoms with Crippen molar-refractivity contribution < 1.29 is 9.59 Å². The second-order valence-electron chi connectivity index (χ2n) is 5.52. The molecule has 1 aromatic carbocycles. The molecule has 6 heteroatoms. The fraction of sp³-hybridized carbons (Fsp3) is 0.500. The van der Waals surface area contributed by atoms with Gasteiger partial charge < -0.3 is 15.1 Å². The molecule has 5 nitrogen and oxygen atoms in total. The highest BCUT2D eigenvalue weighted by atomic mass is 35.5. The van der Waals surface area contributed by atoms with Gasteiger partial charge in [0.1, 0.15) is 0 Å².